The van der Waals surface area contributed by atoms with Crippen LogP contribution in [0.5, 0.6) is 0 Å². The van der Waals surface area contributed by atoms with E-state index in [2.05, 4.69) is 28.2 Å². The first-order valence-corrected chi connectivity index (χ1v) is 8.87. The fourth-order valence-corrected chi connectivity index (χ4v) is 2.36. The van der Waals surface area contributed by atoms with Crippen LogP contribution < -0.4 is 5.32 Å². The molecule has 106 valence electrons. The van der Waals surface area contributed by atoms with E-state index in [0.29, 0.717) is 16.9 Å². The fraction of sp³-hybridized carbons (Fsp3) is 0.462. The molecule has 0 aliphatic heterocycles. The Hall–Kier alpha value is -0.880. The Balaban J connectivity index is 2.59. The van der Waals surface area contributed by atoms with Crippen LogP contribution in [0.2, 0.25) is 0 Å². The second-order valence-electron chi connectivity index (χ2n) is 4.35. The number of carbonyl (C=O) groups excluding carboxylic acids is 1. The summed E-state index contributed by atoms with van der Waals surface area (Å²) in [6.07, 6.45) is 3.02. The summed E-state index contributed by atoms with van der Waals surface area (Å²) < 4.78 is 22.6. The normalized spacial score (nSPS) is 13.0. The van der Waals surface area contributed by atoms with E-state index in [-0.39, 0.29) is 10.8 Å². The maximum Gasteiger partial charge on any atom is 0.251 e. The molecule has 1 atom stereocenters. The first-order valence-electron chi connectivity index (χ1n) is 6.07. The molecule has 1 aromatic rings. The Kier molecular flexibility index (Phi) is 6.00. The predicted molar refractivity (Wildman–Crippen MR) is 79.5 cm³/mol. The fourth-order valence-electron chi connectivity index (χ4n) is 1.50. The van der Waals surface area contributed by atoms with E-state index in [4.69, 9.17) is 0 Å². The Morgan fingerprint density at radius 2 is 1.89 bits per heavy atom. The summed E-state index contributed by atoms with van der Waals surface area (Å²) in [6, 6.07) is 5.95. The van der Waals surface area contributed by atoms with Gasteiger partial charge in [0.2, 0.25) is 0 Å². The molecule has 0 aliphatic rings. The van der Waals surface area contributed by atoms with Gasteiger partial charge in [0.1, 0.15) is 0 Å². The first-order chi connectivity index (χ1) is 8.84. The van der Waals surface area contributed by atoms with Crippen LogP contribution >= 0.6 is 15.9 Å². The predicted octanol–water partition coefficient (Wildman–Crippen LogP) is 2.38. The number of hydrogen-bond donors (Lipinski definition) is 1. The van der Waals surface area contributed by atoms with Crippen LogP contribution in [0.25, 0.3) is 0 Å². The monoisotopic (exact) mass is 347 g/mol. The maximum atomic E-state index is 11.8. The quantitative estimate of drug-likeness (QED) is 0.803. The summed E-state index contributed by atoms with van der Waals surface area (Å²) in [5, 5.41) is 2.80. The summed E-state index contributed by atoms with van der Waals surface area (Å²) in [5.41, 5.74) is 0.468. The van der Waals surface area contributed by atoms with Crippen LogP contribution in [0.3, 0.4) is 0 Å². The Labute approximate surface area is 122 Å². The highest BCUT2D eigenvalue weighted by Gasteiger charge is 2.10. The second kappa shape index (κ2) is 7.05. The van der Waals surface area contributed by atoms with Crippen molar-refractivity contribution >= 4 is 31.7 Å². The minimum Gasteiger partial charge on any atom is -0.352 e. The molecule has 0 saturated heterocycles. The number of halogens is 1. The third-order valence-corrected chi connectivity index (χ3v) is 4.96. The van der Waals surface area contributed by atoms with Crippen molar-refractivity contribution in [3.63, 3.8) is 0 Å². The summed E-state index contributed by atoms with van der Waals surface area (Å²) in [6.45, 7) is 2.67. The lowest BCUT2D eigenvalue weighted by atomic mass is 10.2. The van der Waals surface area contributed by atoms with Crippen LogP contribution in [0.4, 0.5) is 0 Å². The molecular formula is C13H18BrNO3S. The van der Waals surface area contributed by atoms with Crippen LogP contribution in [-0.2, 0) is 9.84 Å². The van der Waals surface area contributed by atoms with Gasteiger partial charge in [-0.25, -0.2) is 8.42 Å². The van der Waals surface area contributed by atoms with Crippen molar-refractivity contribution in [2.45, 2.75) is 29.5 Å². The minimum atomic E-state index is -3.21. The minimum absolute atomic E-state index is 0.184. The molecule has 0 fully saturated rings. The molecule has 0 aliphatic carbocycles. The lowest BCUT2D eigenvalue weighted by Gasteiger charge is -2.08. The van der Waals surface area contributed by atoms with Crippen LogP contribution in [0.1, 0.15) is 30.1 Å². The van der Waals surface area contributed by atoms with Gasteiger partial charge >= 0.3 is 0 Å². The van der Waals surface area contributed by atoms with E-state index in [1.165, 1.54) is 24.3 Å². The first kappa shape index (κ1) is 16.2. The zero-order valence-electron chi connectivity index (χ0n) is 11.0. The van der Waals surface area contributed by atoms with Gasteiger partial charge < -0.3 is 5.32 Å². The van der Waals surface area contributed by atoms with Gasteiger partial charge in [0.25, 0.3) is 5.91 Å². The highest BCUT2D eigenvalue weighted by molar-refractivity contribution is 9.09. The third-order valence-electron chi connectivity index (χ3n) is 2.73. The molecular weight excluding hydrogens is 330 g/mol. The number of carbonyl (C=O) groups is 1. The van der Waals surface area contributed by atoms with Crippen LogP contribution in [-0.4, -0.2) is 32.0 Å². The summed E-state index contributed by atoms with van der Waals surface area (Å²) in [7, 11) is -3.21. The van der Waals surface area contributed by atoms with E-state index in [1.54, 1.807) is 0 Å². The molecule has 1 unspecified atom stereocenters. The molecule has 4 nitrogen and oxygen atoms in total. The van der Waals surface area contributed by atoms with Crippen molar-refractivity contribution in [2.24, 2.45) is 0 Å². The van der Waals surface area contributed by atoms with E-state index < -0.39 is 9.84 Å². The lowest BCUT2D eigenvalue weighted by Crippen LogP contribution is -2.25. The number of nitrogens with one attached hydrogen (secondary N) is 1. The van der Waals surface area contributed by atoms with Crippen molar-refractivity contribution in [2.75, 3.05) is 12.8 Å². The number of hydrogen-bond acceptors (Lipinski definition) is 3. The molecule has 0 aromatic heterocycles. The molecule has 1 amide bonds. The summed E-state index contributed by atoms with van der Waals surface area (Å²) in [5.74, 6) is -0.184. The molecule has 6 heteroatoms. The summed E-state index contributed by atoms with van der Waals surface area (Å²) in [4.78, 5) is 12.4. The lowest BCUT2D eigenvalue weighted by molar-refractivity contribution is 0.0953. The van der Waals surface area contributed by atoms with E-state index in [0.717, 1.165) is 19.1 Å². The topological polar surface area (TPSA) is 63.2 Å². The molecule has 0 bridgehead atoms. The molecule has 1 N–H and O–H groups in total. The van der Waals surface area contributed by atoms with Gasteiger partial charge in [-0.3, -0.25) is 4.79 Å². The molecule has 0 heterocycles. The van der Waals surface area contributed by atoms with E-state index >= 15 is 0 Å². The highest BCUT2D eigenvalue weighted by atomic mass is 79.9. The summed E-state index contributed by atoms with van der Waals surface area (Å²) >= 11 is 3.50. The number of amides is 1. The van der Waals surface area contributed by atoms with Gasteiger partial charge in [0.05, 0.1) is 4.90 Å². The van der Waals surface area contributed by atoms with Gasteiger partial charge in [0, 0.05) is 23.2 Å². The smallest absolute Gasteiger partial charge is 0.251 e. The average Bonchev–Trinajstić information content (AvgIpc) is 2.37. The standard InChI is InChI=1S/C13H18BrNO3S/c1-3-11(14)8-9-15-13(16)10-4-6-12(7-5-10)19(2,17)18/h4-7,11H,3,8-9H2,1-2H3,(H,15,16). The molecule has 19 heavy (non-hydrogen) atoms. The van der Waals surface area contributed by atoms with Gasteiger partial charge in [-0.1, -0.05) is 22.9 Å². The number of rotatable bonds is 6. The van der Waals surface area contributed by atoms with Gasteiger partial charge in [-0.05, 0) is 37.1 Å². The Bertz CT molecular complexity index is 525. The van der Waals surface area contributed by atoms with Crippen molar-refractivity contribution in [3.8, 4) is 0 Å². The highest BCUT2D eigenvalue weighted by Crippen LogP contribution is 2.11. The number of sulfone groups is 1. The second-order valence-corrected chi connectivity index (χ2v) is 7.66. The average molecular weight is 348 g/mol. The largest absolute Gasteiger partial charge is 0.352 e. The van der Waals surface area contributed by atoms with Crippen molar-refractivity contribution in [3.05, 3.63) is 29.8 Å². The van der Waals surface area contributed by atoms with E-state index in [9.17, 15) is 13.2 Å². The van der Waals surface area contributed by atoms with Crippen molar-refractivity contribution in [1.29, 1.82) is 0 Å². The van der Waals surface area contributed by atoms with Gasteiger partial charge in [-0.15, -0.1) is 0 Å². The number of alkyl halides is 1. The van der Waals surface area contributed by atoms with Crippen LogP contribution in [0.15, 0.2) is 29.2 Å². The molecule has 1 rings (SSSR count). The van der Waals surface area contributed by atoms with Crippen molar-refractivity contribution < 1.29 is 13.2 Å². The Morgan fingerprint density at radius 1 is 1.32 bits per heavy atom. The van der Waals surface area contributed by atoms with Crippen molar-refractivity contribution in [1.82, 2.24) is 5.32 Å². The zero-order valence-corrected chi connectivity index (χ0v) is 13.4. The molecule has 0 spiro atoms. The van der Waals surface area contributed by atoms with Crippen LogP contribution in [0, 0.1) is 0 Å². The van der Waals surface area contributed by atoms with Gasteiger partial charge in [-0.2, -0.15) is 0 Å². The Morgan fingerprint density at radius 3 is 2.37 bits per heavy atom. The molecule has 0 radical (unpaired) electrons. The molecule has 0 saturated carbocycles. The SMILES string of the molecule is CCC(Br)CCNC(=O)c1ccc(S(C)(=O)=O)cc1. The van der Waals surface area contributed by atoms with Gasteiger partial charge in [0.15, 0.2) is 9.84 Å². The maximum absolute atomic E-state index is 11.8. The third kappa shape index (κ3) is 5.32. The molecule has 1 aromatic carbocycles. The van der Waals surface area contributed by atoms with E-state index in [1.807, 2.05) is 0 Å². The zero-order chi connectivity index (χ0) is 14.5. The number of benzene rings is 1.